The smallest absolute Gasteiger partial charge is 0.254 e. The molecule has 0 atom stereocenters. The molecular formula is C18H23N3O4. The fourth-order valence-electron chi connectivity index (χ4n) is 3.34. The number of hydrogen-bond donors (Lipinski definition) is 0. The summed E-state index contributed by atoms with van der Waals surface area (Å²) in [5.74, 6) is 1.35. The van der Waals surface area contributed by atoms with Gasteiger partial charge in [-0.3, -0.25) is 9.48 Å². The van der Waals surface area contributed by atoms with Crippen molar-refractivity contribution in [1.29, 1.82) is 0 Å². The molecule has 134 valence electrons. The summed E-state index contributed by atoms with van der Waals surface area (Å²) in [6.45, 7) is 3.21. The van der Waals surface area contributed by atoms with Crippen molar-refractivity contribution in [1.82, 2.24) is 14.7 Å². The summed E-state index contributed by atoms with van der Waals surface area (Å²) in [5, 5.41) is 4.46. The van der Waals surface area contributed by atoms with E-state index in [4.69, 9.17) is 14.2 Å². The zero-order chi connectivity index (χ0) is 18.1. The Morgan fingerprint density at radius 1 is 1.12 bits per heavy atom. The van der Waals surface area contributed by atoms with Crippen LogP contribution in [0.5, 0.6) is 17.2 Å². The van der Waals surface area contributed by atoms with Gasteiger partial charge >= 0.3 is 0 Å². The lowest BCUT2D eigenvalue weighted by atomic mass is 10.0. The van der Waals surface area contributed by atoms with Crippen LogP contribution in [0.3, 0.4) is 0 Å². The lowest BCUT2D eigenvalue weighted by molar-refractivity contribution is 0.0729. The van der Waals surface area contributed by atoms with Crippen LogP contribution in [0.1, 0.15) is 27.3 Å². The minimum atomic E-state index is -0.0660. The number of benzene rings is 1. The van der Waals surface area contributed by atoms with E-state index in [1.54, 1.807) is 19.2 Å². The Hall–Kier alpha value is -2.70. The van der Waals surface area contributed by atoms with E-state index in [1.165, 1.54) is 19.8 Å². The molecule has 3 rings (SSSR count). The molecule has 0 unspecified atom stereocenters. The van der Waals surface area contributed by atoms with Crippen molar-refractivity contribution < 1.29 is 19.0 Å². The monoisotopic (exact) mass is 345 g/mol. The Bertz CT molecular complexity index is 788. The van der Waals surface area contributed by atoms with Crippen LogP contribution in [-0.2, 0) is 20.0 Å². The van der Waals surface area contributed by atoms with E-state index >= 15 is 0 Å². The number of nitrogens with zero attached hydrogens (tertiary/aromatic N) is 3. The standard InChI is InChI=1S/C18H23N3O4/c1-11-13-6-7-21(10-14(13)20(2)19-11)18(22)12-8-15(23-3)17(25-5)16(9-12)24-4/h8-9H,6-7,10H2,1-5H3. The van der Waals surface area contributed by atoms with Crippen molar-refractivity contribution in [3.63, 3.8) is 0 Å². The molecule has 0 aliphatic carbocycles. The first-order valence-corrected chi connectivity index (χ1v) is 8.10. The second-order valence-corrected chi connectivity index (χ2v) is 6.02. The van der Waals surface area contributed by atoms with Crippen LogP contribution in [0.25, 0.3) is 0 Å². The fourth-order valence-corrected chi connectivity index (χ4v) is 3.34. The maximum atomic E-state index is 13.0. The molecule has 1 aliphatic rings. The van der Waals surface area contributed by atoms with Gasteiger partial charge in [-0.25, -0.2) is 0 Å². The number of aryl methyl sites for hydroxylation is 2. The van der Waals surface area contributed by atoms with Crippen LogP contribution in [0.15, 0.2) is 12.1 Å². The molecular weight excluding hydrogens is 322 g/mol. The van der Waals surface area contributed by atoms with E-state index in [2.05, 4.69) is 5.10 Å². The topological polar surface area (TPSA) is 65.8 Å². The third kappa shape index (κ3) is 2.90. The number of ether oxygens (including phenoxy) is 3. The number of carbonyl (C=O) groups is 1. The third-order valence-corrected chi connectivity index (χ3v) is 4.65. The van der Waals surface area contributed by atoms with Gasteiger partial charge in [0.2, 0.25) is 5.75 Å². The van der Waals surface area contributed by atoms with E-state index in [9.17, 15) is 4.79 Å². The highest BCUT2D eigenvalue weighted by Crippen LogP contribution is 2.38. The largest absolute Gasteiger partial charge is 0.493 e. The molecule has 25 heavy (non-hydrogen) atoms. The van der Waals surface area contributed by atoms with Gasteiger partial charge in [0.1, 0.15) is 0 Å². The van der Waals surface area contributed by atoms with E-state index < -0.39 is 0 Å². The summed E-state index contributed by atoms with van der Waals surface area (Å²) in [6.07, 6.45) is 0.811. The summed E-state index contributed by atoms with van der Waals surface area (Å²) in [6, 6.07) is 3.38. The molecule has 0 radical (unpaired) electrons. The average molecular weight is 345 g/mol. The van der Waals surface area contributed by atoms with Crippen molar-refractivity contribution >= 4 is 5.91 Å². The Morgan fingerprint density at radius 2 is 1.76 bits per heavy atom. The molecule has 1 aliphatic heterocycles. The molecule has 1 amide bonds. The van der Waals surface area contributed by atoms with Crippen molar-refractivity contribution in [3.05, 3.63) is 34.6 Å². The maximum Gasteiger partial charge on any atom is 0.254 e. The van der Waals surface area contributed by atoms with Gasteiger partial charge in [-0.2, -0.15) is 5.10 Å². The Kier molecular flexibility index (Phi) is 4.57. The van der Waals surface area contributed by atoms with Gasteiger partial charge < -0.3 is 19.1 Å². The minimum absolute atomic E-state index is 0.0660. The predicted octanol–water partition coefficient (Wildman–Crippen LogP) is 1.95. The summed E-state index contributed by atoms with van der Waals surface area (Å²) in [7, 11) is 6.53. The lowest BCUT2D eigenvalue weighted by Crippen LogP contribution is -2.36. The number of fused-ring (bicyclic) bond motifs is 1. The van der Waals surface area contributed by atoms with Crippen LogP contribution in [0.2, 0.25) is 0 Å². The second kappa shape index (κ2) is 6.66. The molecule has 7 nitrogen and oxygen atoms in total. The first kappa shape index (κ1) is 17.1. The third-order valence-electron chi connectivity index (χ3n) is 4.65. The van der Waals surface area contributed by atoms with Gasteiger partial charge in [0.15, 0.2) is 11.5 Å². The maximum absolute atomic E-state index is 13.0. The van der Waals surface area contributed by atoms with Crippen LogP contribution >= 0.6 is 0 Å². The minimum Gasteiger partial charge on any atom is -0.493 e. The highest BCUT2D eigenvalue weighted by Gasteiger charge is 2.27. The lowest BCUT2D eigenvalue weighted by Gasteiger charge is -2.28. The molecule has 0 fully saturated rings. The van der Waals surface area contributed by atoms with E-state index in [0.29, 0.717) is 35.9 Å². The van der Waals surface area contributed by atoms with Gasteiger partial charge in [-0.1, -0.05) is 0 Å². The molecule has 1 aromatic heterocycles. The van der Waals surface area contributed by atoms with Gasteiger partial charge in [-0.15, -0.1) is 0 Å². The molecule has 1 aromatic carbocycles. The molecule has 0 saturated heterocycles. The summed E-state index contributed by atoms with van der Waals surface area (Å²) < 4.78 is 17.9. The van der Waals surface area contributed by atoms with Crippen LogP contribution < -0.4 is 14.2 Å². The molecule has 0 bridgehead atoms. The molecule has 0 spiro atoms. The molecule has 2 heterocycles. The Balaban J connectivity index is 1.92. The van der Waals surface area contributed by atoms with Crippen molar-refractivity contribution in [3.8, 4) is 17.2 Å². The molecule has 0 N–H and O–H groups in total. The quantitative estimate of drug-likeness (QED) is 0.847. The van der Waals surface area contributed by atoms with Crippen molar-refractivity contribution in [2.75, 3.05) is 27.9 Å². The van der Waals surface area contributed by atoms with Crippen LogP contribution in [-0.4, -0.2) is 48.5 Å². The van der Waals surface area contributed by atoms with Gasteiger partial charge in [-0.05, 0) is 31.0 Å². The number of carbonyl (C=O) groups excluding carboxylic acids is 1. The SMILES string of the molecule is COc1cc(C(=O)N2CCc3c(C)nn(C)c3C2)cc(OC)c1OC. The van der Waals surface area contributed by atoms with Gasteiger partial charge in [0, 0.05) is 19.2 Å². The molecule has 0 saturated carbocycles. The summed E-state index contributed by atoms with van der Waals surface area (Å²) >= 11 is 0. The molecule has 7 heteroatoms. The second-order valence-electron chi connectivity index (χ2n) is 6.02. The highest BCUT2D eigenvalue weighted by molar-refractivity contribution is 5.95. The number of methoxy groups -OCH3 is 3. The highest BCUT2D eigenvalue weighted by atomic mass is 16.5. The average Bonchev–Trinajstić information content (AvgIpc) is 2.93. The summed E-state index contributed by atoms with van der Waals surface area (Å²) in [5.41, 5.74) is 3.88. The normalized spacial score (nSPS) is 13.4. The first-order valence-electron chi connectivity index (χ1n) is 8.10. The Labute approximate surface area is 147 Å². The summed E-state index contributed by atoms with van der Waals surface area (Å²) in [4.78, 5) is 14.8. The van der Waals surface area contributed by atoms with Gasteiger partial charge in [0.25, 0.3) is 5.91 Å². The Morgan fingerprint density at radius 3 is 2.32 bits per heavy atom. The van der Waals surface area contributed by atoms with Crippen LogP contribution in [0, 0.1) is 6.92 Å². The van der Waals surface area contributed by atoms with Crippen molar-refractivity contribution in [2.45, 2.75) is 19.9 Å². The van der Waals surface area contributed by atoms with E-state index in [0.717, 1.165) is 17.8 Å². The first-order chi connectivity index (χ1) is 12.0. The van der Waals surface area contributed by atoms with Crippen molar-refractivity contribution in [2.24, 2.45) is 7.05 Å². The van der Waals surface area contributed by atoms with Gasteiger partial charge in [0.05, 0.1) is 39.3 Å². The zero-order valence-electron chi connectivity index (χ0n) is 15.3. The number of amides is 1. The van der Waals surface area contributed by atoms with E-state index in [1.807, 2.05) is 23.6 Å². The number of aromatic nitrogens is 2. The van der Waals surface area contributed by atoms with Crippen LogP contribution in [0.4, 0.5) is 0 Å². The number of rotatable bonds is 4. The number of hydrogen-bond acceptors (Lipinski definition) is 5. The molecule has 2 aromatic rings. The predicted molar refractivity (Wildman–Crippen MR) is 92.5 cm³/mol. The fraction of sp³-hybridized carbons (Fsp3) is 0.444. The zero-order valence-corrected chi connectivity index (χ0v) is 15.3. The van der Waals surface area contributed by atoms with E-state index in [-0.39, 0.29) is 5.91 Å².